The highest BCUT2D eigenvalue weighted by Crippen LogP contribution is 2.31. The Morgan fingerprint density at radius 1 is 1.10 bits per heavy atom. The smallest absolute Gasteiger partial charge is 0.358 e. The number of rotatable bonds is 3. The highest BCUT2D eigenvalue weighted by molar-refractivity contribution is 5.97. The molecule has 0 aliphatic carbocycles. The molecule has 7 heteroatoms. The summed E-state index contributed by atoms with van der Waals surface area (Å²) in [6, 6.07) is 9.38. The molecule has 3 heterocycles. The summed E-state index contributed by atoms with van der Waals surface area (Å²) < 4.78 is 39.0. The van der Waals surface area contributed by atoms with Crippen molar-refractivity contribution in [1.82, 2.24) is 15.3 Å². The number of nitrogens with one attached hydrogen (secondary N) is 2. The molecule has 2 N–H and O–H groups in total. The number of benzene rings is 1. The van der Waals surface area contributed by atoms with E-state index in [9.17, 15) is 18.0 Å². The van der Waals surface area contributed by atoms with Gasteiger partial charge in [0.2, 0.25) is 0 Å². The van der Waals surface area contributed by atoms with Crippen LogP contribution >= 0.6 is 0 Å². The molecule has 0 saturated carbocycles. The van der Waals surface area contributed by atoms with Crippen LogP contribution in [0.4, 0.5) is 13.2 Å². The topological polar surface area (TPSA) is 57.8 Å². The summed E-state index contributed by atoms with van der Waals surface area (Å²) in [5.74, 6) is -0.0946. The summed E-state index contributed by atoms with van der Waals surface area (Å²) in [6.45, 7) is 2.24. The number of aromatic amines is 1. The first-order chi connectivity index (χ1) is 13.8. The van der Waals surface area contributed by atoms with E-state index in [1.165, 1.54) is 0 Å². The summed E-state index contributed by atoms with van der Waals surface area (Å²) in [5, 5.41) is 2.81. The summed E-state index contributed by atoms with van der Waals surface area (Å²) in [7, 11) is 0. The largest absolute Gasteiger partial charge is 0.416 e. The minimum absolute atomic E-state index is 0.0946. The van der Waals surface area contributed by atoms with Crippen LogP contribution in [-0.2, 0) is 12.6 Å². The van der Waals surface area contributed by atoms with Crippen molar-refractivity contribution in [2.45, 2.75) is 19.5 Å². The number of carbonyl (C=O) groups is 1. The standard InChI is InChI=1S/C22H18F3N3O/c1-13-8-14(10-16(9-13)22(23,24)25)2-3-17-11-15(4-6-26-17)20-12-18-19(28-20)5-7-27-21(18)29/h2-4,6,8-12,28H,5,7H2,1H3,(H,27,29)/b3-2+. The number of aromatic nitrogens is 2. The predicted molar refractivity (Wildman–Crippen MR) is 105 cm³/mol. The molecule has 148 valence electrons. The second-order valence-corrected chi connectivity index (χ2v) is 7.01. The van der Waals surface area contributed by atoms with Gasteiger partial charge in [-0.3, -0.25) is 9.78 Å². The highest BCUT2D eigenvalue weighted by Gasteiger charge is 2.30. The van der Waals surface area contributed by atoms with E-state index in [0.29, 0.717) is 28.9 Å². The Morgan fingerprint density at radius 2 is 1.93 bits per heavy atom. The number of halogens is 3. The van der Waals surface area contributed by atoms with Crippen LogP contribution in [0.5, 0.6) is 0 Å². The lowest BCUT2D eigenvalue weighted by Crippen LogP contribution is -2.31. The first-order valence-electron chi connectivity index (χ1n) is 9.13. The zero-order valence-corrected chi connectivity index (χ0v) is 15.6. The molecule has 3 aromatic rings. The molecule has 0 bridgehead atoms. The van der Waals surface area contributed by atoms with Crippen LogP contribution in [0.2, 0.25) is 0 Å². The van der Waals surface area contributed by atoms with Gasteiger partial charge in [-0.1, -0.05) is 12.1 Å². The molecule has 0 atom stereocenters. The SMILES string of the molecule is Cc1cc(/C=C/c2cc(-c3cc4c([nH]3)CCNC4=O)ccn2)cc(C(F)(F)F)c1. The molecule has 2 aromatic heterocycles. The Balaban J connectivity index is 1.62. The number of fused-ring (bicyclic) bond motifs is 1. The van der Waals surface area contributed by atoms with Gasteiger partial charge in [0, 0.05) is 36.1 Å². The number of hydrogen-bond donors (Lipinski definition) is 2. The van der Waals surface area contributed by atoms with Gasteiger partial charge in [0.25, 0.3) is 5.91 Å². The maximum absolute atomic E-state index is 13.0. The van der Waals surface area contributed by atoms with E-state index in [1.807, 2.05) is 18.2 Å². The maximum atomic E-state index is 13.0. The third-order valence-corrected chi connectivity index (χ3v) is 4.77. The normalized spacial score (nSPS) is 14.1. The van der Waals surface area contributed by atoms with Crippen LogP contribution in [0.15, 0.2) is 42.6 Å². The summed E-state index contributed by atoms with van der Waals surface area (Å²) >= 11 is 0. The van der Waals surface area contributed by atoms with Crippen LogP contribution in [0, 0.1) is 6.92 Å². The number of hydrogen-bond acceptors (Lipinski definition) is 2. The molecule has 1 aromatic carbocycles. The van der Waals surface area contributed by atoms with E-state index in [2.05, 4.69) is 15.3 Å². The number of aryl methyl sites for hydroxylation is 1. The van der Waals surface area contributed by atoms with E-state index < -0.39 is 11.7 Å². The number of pyridine rings is 1. The average molecular weight is 397 g/mol. The van der Waals surface area contributed by atoms with Gasteiger partial charge in [-0.25, -0.2) is 0 Å². The van der Waals surface area contributed by atoms with Gasteiger partial charge in [-0.2, -0.15) is 13.2 Å². The molecule has 0 spiro atoms. The summed E-state index contributed by atoms with van der Waals surface area (Å²) in [6.07, 6.45) is 1.28. The van der Waals surface area contributed by atoms with Gasteiger partial charge in [0.05, 0.1) is 16.8 Å². The predicted octanol–water partition coefficient (Wildman–Crippen LogP) is 4.86. The fourth-order valence-electron chi connectivity index (χ4n) is 3.41. The lowest BCUT2D eigenvalue weighted by atomic mass is 10.0. The van der Waals surface area contributed by atoms with Crippen LogP contribution in [0.1, 0.15) is 38.4 Å². The molecule has 0 saturated heterocycles. The second kappa shape index (κ2) is 7.24. The zero-order valence-electron chi connectivity index (χ0n) is 15.6. The molecular weight excluding hydrogens is 379 g/mol. The van der Waals surface area contributed by atoms with Gasteiger partial charge in [0.1, 0.15) is 0 Å². The van der Waals surface area contributed by atoms with Crippen molar-refractivity contribution < 1.29 is 18.0 Å². The van der Waals surface area contributed by atoms with E-state index in [-0.39, 0.29) is 5.91 Å². The molecular formula is C22H18F3N3O. The molecule has 0 fully saturated rings. The lowest BCUT2D eigenvalue weighted by molar-refractivity contribution is -0.137. The van der Waals surface area contributed by atoms with Crippen LogP contribution in [-0.4, -0.2) is 22.4 Å². The van der Waals surface area contributed by atoms with Crippen molar-refractivity contribution in [2.75, 3.05) is 6.54 Å². The van der Waals surface area contributed by atoms with Crippen molar-refractivity contribution in [1.29, 1.82) is 0 Å². The maximum Gasteiger partial charge on any atom is 0.416 e. The Morgan fingerprint density at radius 3 is 2.69 bits per heavy atom. The molecule has 0 radical (unpaired) electrons. The Bertz CT molecular complexity index is 1110. The van der Waals surface area contributed by atoms with Crippen molar-refractivity contribution in [2.24, 2.45) is 0 Å². The lowest BCUT2D eigenvalue weighted by Gasteiger charge is -2.10. The quantitative estimate of drug-likeness (QED) is 0.663. The molecule has 0 unspecified atom stereocenters. The molecule has 4 nitrogen and oxygen atoms in total. The van der Waals surface area contributed by atoms with Crippen molar-refractivity contribution in [3.8, 4) is 11.3 Å². The van der Waals surface area contributed by atoms with Gasteiger partial charge in [-0.15, -0.1) is 0 Å². The number of alkyl halides is 3. The van der Waals surface area contributed by atoms with Gasteiger partial charge in [-0.05, 0) is 54.5 Å². The molecule has 4 rings (SSSR count). The fourth-order valence-corrected chi connectivity index (χ4v) is 3.41. The first-order valence-corrected chi connectivity index (χ1v) is 9.13. The number of nitrogens with zero attached hydrogens (tertiary/aromatic N) is 1. The molecule has 1 amide bonds. The third-order valence-electron chi connectivity index (χ3n) is 4.77. The number of amides is 1. The summed E-state index contributed by atoms with van der Waals surface area (Å²) in [4.78, 5) is 19.5. The van der Waals surface area contributed by atoms with E-state index in [1.54, 1.807) is 31.3 Å². The summed E-state index contributed by atoms with van der Waals surface area (Å²) in [5.41, 5.74) is 4.12. The van der Waals surface area contributed by atoms with E-state index >= 15 is 0 Å². The van der Waals surface area contributed by atoms with E-state index in [4.69, 9.17) is 0 Å². The minimum Gasteiger partial charge on any atom is -0.358 e. The van der Waals surface area contributed by atoms with Gasteiger partial charge in [0.15, 0.2) is 0 Å². The highest BCUT2D eigenvalue weighted by atomic mass is 19.4. The van der Waals surface area contributed by atoms with Crippen LogP contribution in [0.3, 0.4) is 0 Å². The Kier molecular flexibility index (Phi) is 4.74. The van der Waals surface area contributed by atoms with Crippen molar-refractivity contribution in [3.05, 3.63) is 76.2 Å². The number of H-pyrrole nitrogens is 1. The van der Waals surface area contributed by atoms with Crippen LogP contribution in [0.25, 0.3) is 23.4 Å². The van der Waals surface area contributed by atoms with Crippen molar-refractivity contribution in [3.63, 3.8) is 0 Å². The fraction of sp³-hybridized carbons (Fsp3) is 0.182. The Labute approximate surface area is 165 Å². The van der Waals surface area contributed by atoms with Gasteiger partial charge < -0.3 is 10.3 Å². The zero-order chi connectivity index (χ0) is 20.6. The van der Waals surface area contributed by atoms with Crippen LogP contribution < -0.4 is 5.32 Å². The first kappa shape index (κ1) is 19.0. The monoisotopic (exact) mass is 397 g/mol. The molecule has 29 heavy (non-hydrogen) atoms. The third kappa shape index (κ3) is 4.08. The van der Waals surface area contributed by atoms with Gasteiger partial charge >= 0.3 is 6.18 Å². The number of carbonyl (C=O) groups excluding carboxylic acids is 1. The second-order valence-electron chi connectivity index (χ2n) is 7.01. The molecule has 1 aliphatic heterocycles. The van der Waals surface area contributed by atoms with Crippen molar-refractivity contribution >= 4 is 18.1 Å². The Hall–Kier alpha value is -3.35. The minimum atomic E-state index is -4.38. The molecule has 1 aliphatic rings. The average Bonchev–Trinajstić information content (AvgIpc) is 3.11. The van der Waals surface area contributed by atoms with E-state index in [0.717, 1.165) is 35.5 Å².